The summed E-state index contributed by atoms with van der Waals surface area (Å²) in [5.41, 5.74) is 3.38. The molecule has 1 saturated carbocycles. The molecule has 1 aliphatic carbocycles. The van der Waals surface area contributed by atoms with E-state index >= 15 is 0 Å². The molecule has 0 bridgehead atoms. The molecule has 5 nitrogen and oxygen atoms in total. The first-order chi connectivity index (χ1) is 14.1. The van der Waals surface area contributed by atoms with Crippen LogP contribution < -0.4 is 10.1 Å². The Balaban J connectivity index is 1.64. The van der Waals surface area contributed by atoms with Gasteiger partial charge in [0.15, 0.2) is 6.10 Å². The van der Waals surface area contributed by atoms with Gasteiger partial charge in [0.05, 0.1) is 6.04 Å². The topological polar surface area (TPSA) is 58.6 Å². The summed E-state index contributed by atoms with van der Waals surface area (Å²) >= 11 is 0. The fraction of sp³-hybridized carbons (Fsp3) is 0.417. The Kier molecular flexibility index (Phi) is 5.56. The largest absolute Gasteiger partial charge is 0.481 e. The summed E-state index contributed by atoms with van der Waals surface area (Å²) in [5, 5.41) is 3.03. The number of fused-ring (bicyclic) bond motifs is 1. The number of rotatable bonds is 6. The first-order valence-corrected chi connectivity index (χ1v) is 10.5. The molecule has 2 aromatic carbocycles. The molecule has 2 aliphatic rings. The Morgan fingerprint density at radius 3 is 2.59 bits per heavy atom. The summed E-state index contributed by atoms with van der Waals surface area (Å²) in [6.07, 6.45) is 3.03. The second kappa shape index (κ2) is 8.27. The molecule has 1 N–H and O–H groups in total. The van der Waals surface area contributed by atoms with Crippen molar-refractivity contribution in [3.63, 3.8) is 0 Å². The first-order valence-electron chi connectivity index (χ1n) is 10.5. The van der Waals surface area contributed by atoms with E-state index in [1.807, 2.05) is 42.2 Å². The van der Waals surface area contributed by atoms with Crippen LogP contribution in [0.15, 0.2) is 48.5 Å². The van der Waals surface area contributed by atoms with Crippen LogP contribution in [0.4, 0.5) is 0 Å². The molecule has 0 aromatic heterocycles. The van der Waals surface area contributed by atoms with Crippen molar-refractivity contribution in [2.24, 2.45) is 0 Å². The quantitative estimate of drug-likeness (QED) is 0.817. The second-order valence-electron chi connectivity index (χ2n) is 7.93. The average molecular weight is 392 g/mol. The highest BCUT2D eigenvalue weighted by Crippen LogP contribution is 2.37. The molecule has 1 fully saturated rings. The number of ether oxygens (including phenoxy) is 1. The molecule has 2 aromatic rings. The number of hydrogen-bond acceptors (Lipinski definition) is 3. The van der Waals surface area contributed by atoms with Crippen LogP contribution in [0.1, 0.15) is 55.8 Å². The van der Waals surface area contributed by atoms with Gasteiger partial charge in [0, 0.05) is 19.5 Å². The van der Waals surface area contributed by atoms with Gasteiger partial charge in [0.2, 0.25) is 5.91 Å². The molecule has 1 aliphatic heterocycles. The highest BCUT2D eigenvalue weighted by atomic mass is 16.5. The van der Waals surface area contributed by atoms with Crippen LogP contribution in [0.2, 0.25) is 0 Å². The van der Waals surface area contributed by atoms with E-state index in [1.54, 1.807) is 6.92 Å². The highest BCUT2D eigenvalue weighted by molar-refractivity contribution is 5.81. The van der Waals surface area contributed by atoms with Crippen molar-refractivity contribution in [3.8, 4) is 5.75 Å². The average Bonchev–Trinajstić information content (AvgIpc) is 3.55. The molecule has 0 spiro atoms. The molecule has 2 amide bonds. The van der Waals surface area contributed by atoms with Crippen LogP contribution in [0.25, 0.3) is 0 Å². The molecular weight excluding hydrogens is 364 g/mol. The maximum Gasteiger partial charge on any atom is 0.261 e. The summed E-state index contributed by atoms with van der Waals surface area (Å²) in [6, 6.07) is 16.3. The molecule has 2 atom stereocenters. The summed E-state index contributed by atoms with van der Waals surface area (Å²) in [5.74, 6) is 0.691. The van der Waals surface area contributed by atoms with Gasteiger partial charge in [-0.1, -0.05) is 43.3 Å². The minimum absolute atomic E-state index is 0.0438. The van der Waals surface area contributed by atoms with Crippen molar-refractivity contribution >= 4 is 11.8 Å². The summed E-state index contributed by atoms with van der Waals surface area (Å²) < 4.78 is 6.08. The van der Waals surface area contributed by atoms with E-state index in [0.29, 0.717) is 24.8 Å². The molecule has 0 saturated heterocycles. The van der Waals surface area contributed by atoms with E-state index < -0.39 is 6.10 Å². The number of nitrogens with zero attached hydrogens (tertiary/aromatic N) is 1. The zero-order valence-electron chi connectivity index (χ0n) is 17.1. The Bertz CT molecular complexity index is 892. The van der Waals surface area contributed by atoms with Crippen molar-refractivity contribution in [2.75, 3.05) is 6.54 Å². The van der Waals surface area contributed by atoms with E-state index in [2.05, 4.69) is 23.5 Å². The van der Waals surface area contributed by atoms with E-state index in [9.17, 15) is 9.59 Å². The third-order valence-electron chi connectivity index (χ3n) is 5.73. The molecular formula is C24H28N2O3. The normalized spacial score (nSPS) is 19.2. The van der Waals surface area contributed by atoms with Gasteiger partial charge in [-0.2, -0.15) is 0 Å². The van der Waals surface area contributed by atoms with Gasteiger partial charge in [-0.05, 0) is 54.5 Å². The smallest absolute Gasteiger partial charge is 0.261 e. The van der Waals surface area contributed by atoms with Crippen LogP contribution in [-0.4, -0.2) is 35.4 Å². The lowest BCUT2D eigenvalue weighted by atomic mass is 9.88. The van der Waals surface area contributed by atoms with Gasteiger partial charge in [0.1, 0.15) is 5.75 Å². The van der Waals surface area contributed by atoms with Crippen LogP contribution in [0.3, 0.4) is 0 Å². The van der Waals surface area contributed by atoms with Crippen molar-refractivity contribution in [1.29, 1.82) is 0 Å². The molecule has 152 valence electrons. The Hall–Kier alpha value is -2.82. The third-order valence-corrected chi connectivity index (χ3v) is 5.73. The number of nitrogens with one attached hydrogen (secondary N) is 1. The zero-order valence-corrected chi connectivity index (χ0v) is 17.1. The van der Waals surface area contributed by atoms with Crippen molar-refractivity contribution in [3.05, 3.63) is 65.2 Å². The van der Waals surface area contributed by atoms with Crippen LogP contribution >= 0.6 is 0 Å². The van der Waals surface area contributed by atoms with Gasteiger partial charge in [-0.25, -0.2) is 0 Å². The summed E-state index contributed by atoms with van der Waals surface area (Å²) in [7, 11) is 0. The SMILES string of the molecule is CCC(Oc1ccc2c(c1)C(c1ccccc1)N(C(C)=O)CC2)C(=O)NC1CC1. The monoisotopic (exact) mass is 392 g/mol. The van der Waals surface area contributed by atoms with Crippen molar-refractivity contribution in [1.82, 2.24) is 10.2 Å². The minimum atomic E-state index is -0.503. The van der Waals surface area contributed by atoms with E-state index in [1.165, 1.54) is 5.56 Å². The fourth-order valence-corrected chi connectivity index (χ4v) is 4.01. The fourth-order valence-electron chi connectivity index (χ4n) is 4.01. The predicted molar refractivity (Wildman–Crippen MR) is 112 cm³/mol. The maximum atomic E-state index is 12.5. The van der Waals surface area contributed by atoms with Gasteiger partial charge >= 0.3 is 0 Å². The second-order valence-corrected chi connectivity index (χ2v) is 7.93. The van der Waals surface area contributed by atoms with Gasteiger partial charge < -0.3 is 15.0 Å². The van der Waals surface area contributed by atoms with Crippen molar-refractivity contribution in [2.45, 2.75) is 57.7 Å². The molecule has 1 heterocycles. The number of amides is 2. The number of carbonyl (C=O) groups is 2. The van der Waals surface area contributed by atoms with E-state index in [-0.39, 0.29) is 17.9 Å². The third kappa shape index (κ3) is 4.29. The van der Waals surface area contributed by atoms with Crippen LogP contribution in [0.5, 0.6) is 5.75 Å². The molecule has 0 radical (unpaired) electrons. The molecule has 2 unspecified atom stereocenters. The standard InChI is InChI=1S/C24H28N2O3/c1-3-22(24(28)25-19-10-11-19)29-20-12-9-17-13-14-26(16(2)27)23(21(17)15-20)18-7-5-4-6-8-18/h4-9,12,15,19,22-23H,3,10-11,13-14H2,1-2H3,(H,25,28). The highest BCUT2D eigenvalue weighted by Gasteiger charge is 2.32. The Morgan fingerprint density at radius 1 is 1.17 bits per heavy atom. The lowest BCUT2D eigenvalue weighted by molar-refractivity contribution is -0.131. The maximum absolute atomic E-state index is 12.5. The van der Waals surface area contributed by atoms with Gasteiger partial charge in [-0.3, -0.25) is 9.59 Å². The lowest BCUT2D eigenvalue weighted by Crippen LogP contribution is -2.40. The number of hydrogen-bond donors (Lipinski definition) is 1. The van der Waals surface area contributed by atoms with Crippen LogP contribution in [-0.2, 0) is 16.0 Å². The minimum Gasteiger partial charge on any atom is -0.481 e. The summed E-state index contributed by atoms with van der Waals surface area (Å²) in [4.78, 5) is 26.7. The van der Waals surface area contributed by atoms with E-state index in [0.717, 1.165) is 30.4 Å². The molecule has 29 heavy (non-hydrogen) atoms. The van der Waals surface area contributed by atoms with Crippen LogP contribution in [0, 0.1) is 0 Å². The molecule has 4 rings (SSSR count). The number of carbonyl (C=O) groups excluding carboxylic acids is 2. The predicted octanol–water partition coefficient (Wildman–Crippen LogP) is 3.62. The lowest BCUT2D eigenvalue weighted by Gasteiger charge is -2.37. The summed E-state index contributed by atoms with van der Waals surface area (Å²) in [6.45, 7) is 4.28. The van der Waals surface area contributed by atoms with Crippen molar-refractivity contribution < 1.29 is 14.3 Å². The Morgan fingerprint density at radius 2 is 1.93 bits per heavy atom. The molecule has 5 heteroatoms. The van der Waals surface area contributed by atoms with Gasteiger partial charge in [0.25, 0.3) is 5.91 Å². The first kappa shape index (κ1) is 19.5. The zero-order chi connectivity index (χ0) is 20.4. The van der Waals surface area contributed by atoms with Gasteiger partial charge in [-0.15, -0.1) is 0 Å². The van der Waals surface area contributed by atoms with E-state index in [4.69, 9.17) is 4.74 Å². The number of benzene rings is 2. The Labute approximate surface area is 172 Å².